The number of hydrogen-bond donors (Lipinski definition) is 1. The molecule has 1 rings (SSSR count). The Bertz CT molecular complexity index is 363. The molecule has 1 aromatic rings. The standard InChI is InChI=1S/C10H12ClNO2/c1-6-3-8(12)10(14-2)4-7(6)9(13)5-11/h3-4H,5,12H2,1-2H3. The fourth-order valence-electron chi connectivity index (χ4n) is 1.26. The lowest BCUT2D eigenvalue weighted by atomic mass is 10.0. The molecule has 0 spiro atoms. The summed E-state index contributed by atoms with van der Waals surface area (Å²) in [7, 11) is 1.51. The van der Waals surface area contributed by atoms with Crippen LogP contribution in [0.25, 0.3) is 0 Å². The molecule has 4 heteroatoms. The van der Waals surface area contributed by atoms with E-state index in [1.165, 1.54) is 7.11 Å². The highest BCUT2D eigenvalue weighted by Gasteiger charge is 2.11. The van der Waals surface area contributed by atoms with Crippen molar-refractivity contribution in [2.75, 3.05) is 18.7 Å². The van der Waals surface area contributed by atoms with Crippen molar-refractivity contribution in [3.63, 3.8) is 0 Å². The Morgan fingerprint density at radius 2 is 2.21 bits per heavy atom. The molecular formula is C10H12ClNO2. The highest BCUT2D eigenvalue weighted by Crippen LogP contribution is 2.25. The van der Waals surface area contributed by atoms with Crippen molar-refractivity contribution in [3.8, 4) is 5.75 Å². The monoisotopic (exact) mass is 213 g/mol. The molecule has 0 radical (unpaired) electrons. The largest absolute Gasteiger partial charge is 0.495 e. The quantitative estimate of drug-likeness (QED) is 0.475. The van der Waals surface area contributed by atoms with Gasteiger partial charge >= 0.3 is 0 Å². The number of Topliss-reactive ketones (excluding diaryl/α,β-unsaturated/α-hetero) is 1. The van der Waals surface area contributed by atoms with Gasteiger partial charge in [-0.1, -0.05) is 0 Å². The number of benzene rings is 1. The number of carbonyl (C=O) groups is 1. The topological polar surface area (TPSA) is 52.3 Å². The lowest BCUT2D eigenvalue weighted by Crippen LogP contribution is -2.05. The summed E-state index contributed by atoms with van der Waals surface area (Å²) in [5.74, 6) is 0.347. The van der Waals surface area contributed by atoms with Crippen LogP contribution in [0.15, 0.2) is 12.1 Å². The van der Waals surface area contributed by atoms with Crippen LogP contribution in [0.3, 0.4) is 0 Å². The van der Waals surface area contributed by atoms with E-state index in [0.29, 0.717) is 17.0 Å². The van der Waals surface area contributed by atoms with Crippen LogP contribution in [0.5, 0.6) is 5.75 Å². The van der Waals surface area contributed by atoms with Gasteiger partial charge in [-0.05, 0) is 24.6 Å². The van der Waals surface area contributed by atoms with Crippen LogP contribution in [-0.4, -0.2) is 18.8 Å². The molecule has 0 aliphatic rings. The molecule has 0 aliphatic heterocycles. The number of anilines is 1. The molecule has 3 nitrogen and oxygen atoms in total. The number of nitrogen functional groups attached to an aromatic ring is 1. The van der Waals surface area contributed by atoms with Gasteiger partial charge in [-0.25, -0.2) is 0 Å². The predicted molar refractivity (Wildman–Crippen MR) is 57.2 cm³/mol. The SMILES string of the molecule is COc1cc(C(=O)CCl)c(C)cc1N. The summed E-state index contributed by atoms with van der Waals surface area (Å²) in [5.41, 5.74) is 7.57. The fraction of sp³-hybridized carbons (Fsp3) is 0.300. The van der Waals surface area contributed by atoms with Crippen LogP contribution in [-0.2, 0) is 0 Å². The molecule has 14 heavy (non-hydrogen) atoms. The van der Waals surface area contributed by atoms with Crippen molar-refractivity contribution in [3.05, 3.63) is 23.3 Å². The van der Waals surface area contributed by atoms with E-state index in [9.17, 15) is 4.79 Å². The molecular weight excluding hydrogens is 202 g/mol. The number of ether oxygens (including phenoxy) is 1. The normalized spacial score (nSPS) is 9.93. The van der Waals surface area contributed by atoms with Gasteiger partial charge in [0.1, 0.15) is 5.75 Å². The first-order valence-corrected chi connectivity index (χ1v) is 4.67. The first-order chi connectivity index (χ1) is 6.60. The number of nitrogens with two attached hydrogens (primary N) is 1. The van der Waals surface area contributed by atoms with Crippen molar-refractivity contribution in [2.45, 2.75) is 6.92 Å². The molecule has 1 aromatic carbocycles. The van der Waals surface area contributed by atoms with Gasteiger partial charge in [-0.15, -0.1) is 11.6 Å². The van der Waals surface area contributed by atoms with Crippen LogP contribution >= 0.6 is 11.6 Å². The van der Waals surface area contributed by atoms with Gasteiger partial charge in [-0.2, -0.15) is 0 Å². The molecule has 76 valence electrons. The van der Waals surface area contributed by atoms with Crippen LogP contribution < -0.4 is 10.5 Å². The summed E-state index contributed by atoms with van der Waals surface area (Å²) in [6.07, 6.45) is 0. The predicted octanol–water partition coefficient (Wildman–Crippen LogP) is 2.01. The number of aryl methyl sites for hydroxylation is 1. The third-order valence-corrected chi connectivity index (χ3v) is 2.24. The number of alkyl halides is 1. The Morgan fingerprint density at radius 1 is 1.57 bits per heavy atom. The Hall–Kier alpha value is -1.22. The highest BCUT2D eigenvalue weighted by molar-refractivity contribution is 6.30. The zero-order chi connectivity index (χ0) is 10.7. The number of rotatable bonds is 3. The van der Waals surface area contributed by atoms with E-state index >= 15 is 0 Å². The van der Waals surface area contributed by atoms with Crippen LogP contribution in [0.2, 0.25) is 0 Å². The third kappa shape index (κ3) is 1.99. The van der Waals surface area contributed by atoms with E-state index in [-0.39, 0.29) is 11.7 Å². The lowest BCUT2D eigenvalue weighted by molar-refractivity contribution is 0.102. The van der Waals surface area contributed by atoms with Crippen LogP contribution in [0, 0.1) is 6.92 Å². The van der Waals surface area contributed by atoms with E-state index in [4.69, 9.17) is 22.1 Å². The summed E-state index contributed by atoms with van der Waals surface area (Å²) in [6, 6.07) is 3.33. The molecule has 0 fully saturated rings. The van der Waals surface area contributed by atoms with Crippen LogP contribution in [0.4, 0.5) is 5.69 Å². The van der Waals surface area contributed by atoms with Crippen molar-refractivity contribution >= 4 is 23.1 Å². The van der Waals surface area contributed by atoms with Crippen molar-refractivity contribution in [1.82, 2.24) is 0 Å². The second-order valence-corrected chi connectivity index (χ2v) is 3.23. The maximum absolute atomic E-state index is 11.4. The lowest BCUT2D eigenvalue weighted by Gasteiger charge is -2.09. The number of methoxy groups -OCH3 is 1. The van der Waals surface area contributed by atoms with E-state index in [1.807, 2.05) is 6.92 Å². The fourth-order valence-corrected chi connectivity index (χ4v) is 1.40. The molecule has 0 bridgehead atoms. The molecule has 0 unspecified atom stereocenters. The number of carbonyl (C=O) groups excluding carboxylic acids is 1. The molecule has 0 aromatic heterocycles. The second-order valence-electron chi connectivity index (χ2n) is 2.97. The van der Waals surface area contributed by atoms with Crippen molar-refractivity contribution in [1.29, 1.82) is 0 Å². The molecule has 0 amide bonds. The molecule has 0 atom stereocenters. The first kappa shape index (κ1) is 10.9. The second kappa shape index (κ2) is 4.33. The number of ketones is 1. The minimum atomic E-state index is -0.123. The Labute approximate surface area is 87.8 Å². The van der Waals surface area contributed by atoms with Gasteiger partial charge in [0.2, 0.25) is 0 Å². The van der Waals surface area contributed by atoms with Gasteiger partial charge in [0.25, 0.3) is 0 Å². The summed E-state index contributed by atoms with van der Waals surface area (Å²) in [5, 5.41) is 0. The maximum Gasteiger partial charge on any atom is 0.177 e. The molecule has 0 heterocycles. The Balaban J connectivity index is 3.24. The minimum Gasteiger partial charge on any atom is -0.495 e. The summed E-state index contributed by atoms with van der Waals surface area (Å²) in [6.45, 7) is 1.82. The van der Waals surface area contributed by atoms with E-state index in [2.05, 4.69) is 0 Å². The zero-order valence-corrected chi connectivity index (χ0v) is 8.89. The zero-order valence-electron chi connectivity index (χ0n) is 8.13. The molecule has 0 saturated carbocycles. The summed E-state index contributed by atoms with van der Waals surface area (Å²) >= 11 is 5.47. The first-order valence-electron chi connectivity index (χ1n) is 4.13. The van der Waals surface area contributed by atoms with E-state index in [1.54, 1.807) is 12.1 Å². The van der Waals surface area contributed by atoms with E-state index in [0.717, 1.165) is 5.56 Å². The number of halogens is 1. The summed E-state index contributed by atoms with van der Waals surface area (Å²) in [4.78, 5) is 11.4. The third-order valence-electron chi connectivity index (χ3n) is 2.00. The van der Waals surface area contributed by atoms with Gasteiger partial charge in [-0.3, -0.25) is 4.79 Å². The van der Waals surface area contributed by atoms with Crippen molar-refractivity contribution in [2.24, 2.45) is 0 Å². The van der Waals surface area contributed by atoms with Gasteiger partial charge < -0.3 is 10.5 Å². The molecule has 0 saturated heterocycles. The van der Waals surface area contributed by atoms with Gasteiger partial charge in [0.05, 0.1) is 18.7 Å². The van der Waals surface area contributed by atoms with Crippen molar-refractivity contribution < 1.29 is 9.53 Å². The Morgan fingerprint density at radius 3 is 2.71 bits per heavy atom. The van der Waals surface area contributed by atoms with Gasteiger partial charge in [0, 0.05) is 5.56 Å². The molecule has 0 aliphatic carbocycles. The minimum absolute atomic E-state index is 0.0338. The average molecular weight is 214 g/mol. The maximum atomic E-state index is 11.4. The average Bonchev–Trinajstić information content (AvgIpc) is 2.17. The van der Waals surface area contributed by atoms with Crippen LogP contribution in [0.1, 0.15) is 15.9 Å². The smallest absolute Gasteiger partial charge is 0.177 e. The van der Waals surface area contributed by atoms with Gasteiger partial charge in [0.15, 0.2) is 5.78 Å². The highest BCUT2D eigenvalue weighted by atomic mass is 35.5. The molecule has 2 N–H and O–H groups in total. The Kier molecular flexibility index (Phi) is 3.36. The number of hydrogen-bond acceptors (Lipinski definition) is 3. The van der Waals surface area contributed by atoms with E-state index < -0.39 is 0 Å². The summed E-state index contributed by atoms with van der Waals surface area (Å²) < 4.78 is 5.01.